The van der Waals surface area contributed by atoms with Gasteiger partial charge in [-0.15, -0.1) is 0 Å². The van der Waals surface area contributed by atoms with Crippen molar-refractivity contribution in [2.75, 3.05) is 28.4 Å². The fourth-order valence-electron chi connectivity index (χ4n) is 1.21. The molecule has 0 saturated carbocycles. The average molecular weight is 194 g/mol. The molecule has 0 heterocycles. The van der Waals surface area contributed by atoms with Gasteiger partial charge in [0.15, 0.2) is 0 Å². The van der Waals surface area contributed by atoms with Crippen molar-refractivity contribution in [1.29, 1.82) is 0 Å². The maximum absolute atomic E-state index is 5.25. The second kappa shape index (κ2) is 5.66. The van der Waals surface area contributed by atoms with Crippen molar-refractivity contribution >= 4 is 8.80 Å². The van der Waals surface area contributed by atoms with Crippen molar-refractivity contribution in [3.63, 3.8) is 0 Å². The van der Waals surface area contributed by atoms with Crippen LogP contribution in [-0.4, -0.2) is 43.0 Å². The summed E-state index contributed by atoms with van der Waals surface area (Å²) in [5.41, 5.74) is -0.0856. The Morgan fingerprint density at radius 3 is 1.50 bits per heavy atom. The standard InChI is InChI=1S/C7H18O4Si/c1-6-7(8-2)12(9-3,10-4)11-5/h7H,6H2,1-5H3. The maximum Gasteiger partial charge on any atom is 0.530 e. The summed E-state index contributed by atoms with van der Waals surface area (Å²) in [6.45, 7) is 2.01. The van der Waals surface area contributed by atoms with Crippen LogP contribution in [0.2, 0.25) is 0 Å². The fraction of sp³-hybridized carbons (Fsp3) is 1.00. The summed E-state index contributed by atoms with van der Waals surface area (Å²) in [5.74, 6) is 0. The predicted octanol–water partition coefficient (Wildman–Crippen LogP) is 0.829. The maximum atomic E-state index is 5.25. The predicted molar refractivity (Wildman–Crippen MR) is 47.9 cm³/mol. The van der Waals surface area contributed by atoms with Crippen LogP contribution in [0.5, 0.6) is 0 Å². The van der Waals surface area contributed by atoms with Crippen LogP contribution in [-0.2, 0) is 18.0 Å². The lowest BCUT2D eigenvalue weighted by Gasteiger charge is -2.30. The van der Waals surface area contributed by atoms with Crippen LogP contribution in [0.1, 0.15) is 13.3 Å². The first-order chi connectivity index (χ1) is 5.70. The third-order valence-corrected chi connectivity index (χ3v) is 5.04. The fourth-order valence-corrected chi connectivity index (χ4v) is 3.28. The van der Waals surface area contributed by atoms with E-state index in [0.717, 1.165) is 6.42 Å². The highest BCUT2D eigenvalue weighted by Gasteiger charge is 2.47. The molecule has 0 radical (unpaired) electrons. The Kier molecular flexibility index (Phi) is 5.69. The van der Waals surface area contributed by atoms with Gasteiger partial charge in [-0.25, -0.2) is 0 Å². The molecule has 0 spiro atoms. The molecule has 0 amide bonds. The van der Waals surface area contributed by atoms with Gasteiger partial charge in [-0.2, -0.15) is 0 Å². The minimum Gasteiger partial charge on any atom is -0.377 e. The first-order valence-electron chi connectivity index (χ1n) is 3.89. The molecule has 0 rings (SSSR count). The van der Waals surface area contributed by atoms with Crippen LogP contribution >= 0.6 is 0 Å². The summed E-state index contributed by atoms with van der Waals surface area (Å²) in [4.78, 5) is 0. The van der Waals surface area contributed by atoms with E-state index in [2.05, 4.69) is 0 Å². The quantitative estimate of drug-likeness (QED) is 0.587. The molecule has 0 bridgehead atoms. The third-order valence-electron chi connectivity index (χ3n) is 1.90. The van der Waals surface area contributed by atoms with E-state index in [1.54, 1.807) is 28.4 Å². The average Bonchev–Trinajstić information content (AvgIpc) is 2.14. The monoisotopic (exact) mass is 194 g/mol. The topological polar surface area (TPSA) is 36.9 Å². The lowest BCUT2D eigenvalue weighted by molar-refractivity contribution is 0.0345. The number of hydrogen-bond acceptors (Lipinski definition) is 4. The Hall–Kier alpha value is 0.0569. The highest BCUT2D eigenvalue weighted by atomic mass is 28.4. The van der Waals surface area contributed by atoms with Gasteiger partial charge in [-0.05, 0) is 6.42 Å². The first kappa shape index (κ1) is 12.1. The Morgan fingerprint density at radius 1 is 1.00 bits per heavy atom. The van der Waals surface area contributed by atoms with Crippen LogP contribution in [0, 0.1) is 0 Å². The zero-order chi connectivity index (χ0) is 9.61. The second-order valence-electron chi connectivity index (χ2n) is 2.35. The van der Waals surface area contributed by atoms with Crippen molar-refractivity contribution in [2.45, 2.75) is 19.1 Å². The van der Waals surface area contributed by atoms with E-state index < -0.39 is 8.80 Å². The SMILES string of the molecule is CCC(OC)[Si](OC)(OC)OC. The van der Waals surface area contributed by atoms with E-state index in [0.29, 0.717) is 0 Å². The largest absolute Gasteiger partial charge is 0.530 e. The lowest BCUT2D eigenvalue weighted by atomic mass is 10.5. The van der Waals surface area contributed by atoms with Gasteiger partial charge in [0.25, 0.3) is 0 Å². The second-order valence-corrected chi connectivity index (χ2v) is 5.42. The molecule has 0 aromatic heterocycles. The van der Waals surface area contributed by atoms with Crippen molar-refractivity contribution < 1.29 is 18.0 Å². The molecule has 5 heteroatoms. The Labute approximate surface area is 75.1 Å². The Bertz CT molecular complexity index is 104. The van der Waals surface area contributed by atoms with Crippen molar-refractivity contribution in [3.8, 4) is 0 Å². The summed E-state index contributed by atoms with van der Waals surface area (Å²) >= 11 is 0. The molecule has 0 saturated heterocycles. The Balaban J connectivity index is 4.42. The molecule has 1 unspecified atom stereocenters. The van der Waals surface area contributed by atoms with E-state index in [1.807, 2.05) is 6.92 Å². The lowest BCUT2D eigenvalue weighted by Crippen LogP contribution is -2.55. The van der Waals surface area contributed by atoms with Crippen LogP contribution in [0.4, 0.5) is 0 Å². The zero-order valence-electron chi connectivity index (χ0n) is 8.42. The van der Waals surface area contributed by atoms with E-state index in [9.17, 15) is 0 Å². The van der Waals surface area contributed by atoms with Gasteiger partial charge in [-0.3, -0.25) is 0 Å². The molecule has 12 heavy (non-hydrogen) atoms. The molecule has 0 aliphatic rings. The molecular weight excluding hydrogens is 176 g/mol. The molecule has 0 aromatic rings. The van der Waals surface area contributed by atoms with Gasteiger partial charge < -0.3 is 18.0 Å². The van der Waals surface area contributed by atoms with E-state index >= 15 is 0 Å². The molecule has 0 aliphatic carbocycles. The minimum absolute atomic E-state index is 0.0856. The number of ether oxygens (including phenoxy) is 1. The zero-order valence-corrected chi connectivity index (χ0v) is 9.42. The van der Waals surface area contributed by atoms with Gasteiger partial charge in [0.1, 0.15) is 5.73 Å². The van der Waals surface area contributed by atoms with Gasteiger partial charge >= 0.3 is 8.80 Å². The molecule has 0 fully saturated rings. The Morgan fingerprint density at radius 2 is 1.42 bits per heavy atom. The highest BCUT2D eigenvalue weighted by molar-refractivity contribution is 6.62. The van der Waals surface area contributed by atoms with Gasteiger partial charge in [0.05, 0.1) is 0 Å². The summed E-state index contributed by atoms with van der Waals surface area (Å²) in [6, 6.07) is 0. The molecule has 0 aliphatic heterocycles. The van der Waals surface area contributed by atoms with Crippen LogP contribution in [0.15, 0.2) is 0 Å². The van der Waals surface area contributed by atoms with E-state index in [-0.39, 0.29) is 5.73 Å². The minimum atomic E-state index is -2.57. The van der Waals surface area contributed by atoms with Crippen molar-refractivity contribution in [3.05, 3.63) is 0 Å². The molecule has 0 aromatic carbocycles. The third kappa shape index (κ3) is 2.27. The van der Waals surface area contributed by atoms with E-state index in [4.69, 9.17) is 18.0 Å². The van der Waals surface area contributed by atoms with Crippen molar-refractivity contribution in [2.24, 2.45) is 0 Å². The number of rotatable bonds is 6. The van der Waals surface area contributed by atoms with Crippen LogP contribution in [0.3, 0.4) is 0 Å². The van der Waals surface area contributed by atoms with E-state index in [1.165, 1.54) is 0 Å². The van der Waals surface area contributed by atoms with Gasteiger partial charge in [-0.1, -0.05) is 6.92 Å². The molecular formula is C7H18O4Si. The van der Waals surface area contributed by atoms with Crippen LogP contribution < -0.4 is 0 Å². The van der Waals surface area contributed by atoms with Crippen molar-refractivity contribution in [1.82, 2.24) is 0 Å². The molecule has 1 atom stereocenters. The molecule has 74 valence electrons. The summed E-state index contributed by atoms with van der Waals surface area (Å²) < 4.78 is 21.0. The van der Waals surface area contributed by atoms with Gasteiger partial charge in [0, 0.05) is 28.4 Å². The molecule has 0 N–H and O–H groups in total. The number of hydrogen-bond donors (Lipinski definition) is 0. The summed E-state index contributed by atoms with van der Waals surface area (Å²) in [7, 11) is 3.82. The first-order valence-corrected chi connectivity index (χ1v) is 5.69. The van der Waals surface area contributed by atoms with Crippen LogP contribution in [0.25, 0.3) is 0 Å². The smallest absolute Gasteiger partial charge is 0.377 e. The molecule has 4 nitrogen and oxygen atoms in total. The summed E-state index contributed by atoms with van der Waals surface area (Å²) in [5, 5.41) is 0. The van der Waals surface area contributed by atoms with Gasteiger partial charge in [0.2, 0.25) is 0 Å². The summed E-state index contributed by atoms with van der Waals surface area (Å²) in [6.07, 6.45) is 0.818. The number of methoxy groups -OCH3 is 1. The highest BCUT2D eigenvalue weighted by Crippen LogP contribution is 2.16. The normalized spacial score (nSPS) is 14.8.